The van der Waals surface area contributed by atoms with Crippen LogP contribution in [0.15, 0.2) is 48.2 Å². The molecule has 0 amide bonds. The number of aromatic nitrogens is 1. The second-order valence-corrected chi connectivity index (χ2v) is 6.53. The normalized spacial score (nSPS) is 13.9. The molecular formula is C21H15ClN2O3. The highest BCUT2D eigenvalue weighted by Crippen LogP contribution is 2.38. The van der Waals surface area contributed by atoms with Crippen molar-refractivity contribution in [1.82, 2.24) is 4.98 Å². The van der Waals surface area contributed by atoms with E-state index in [-0.39, 0.29) is 11.4 Å². The van der Waals surface area contributed by atoms with Gasteiger partial charge in [-0.2, -0.15) is 5.26 Å². The van der Waals surface area contributed by atoms with Crippen LogP contribution in [0.25, 0.3) is 17.0 Å². The highest BCUT2D eigenvalue weighted by molar-refractivity contribution is 6.32. The minimum Gasteiger partial charge on any atom is -0.489 e. The fraction of sp³-hybridized carbons (Fsp3) is 0.143. The average Bonchev–Trinajstić information content (AvgIpc) is 2.96. The van der Waals surface area contributed by atoms with Crippen LogP contribution in [0.1, 0.15) is 22.3 Å². The summed E-state index contributed by atoms with van der Waals surface area (Å²) in [5.74, 6) is 0.661. The van der Waals surface area contributed by atoms with Crippen molar-refractivity contribution in [3.63, 3.8) is 0 Å². The van der Waals surface area contributed by atoms with Gasteiger partial charge in [-0.3, -0.25) is 4.79 Å². The number of aromatic amines is 1. The van der Waals surface area contributed by atoms with E-state index < -0.39 is 0 Å². The van der Waals surface area contributed by atoms with Crippen LogP contribution in [0.3, 0.4) is 0 Å². The lowest BCUT2D eigenvalue weighted by Gasteiger charge is -2.10. The van der Waals surface area contributed by atoms with Gasteiger partial charge in [0.15, 0.2) is 11.5 Å². The Morgan fingerprint density at radius 1 is 1.22 bits per heavy atom. The molecule has 0 saturated carbocycles. The summed E-state index contributed by atoms with van der Waals surface area (Å²) in [5, 5.41) is 10.7. The van der Waals surface area contributed by atoms with Crippen LogP contribution in [0.2, 0.25) is 5.02 Å². The highest BCUT2D eigenvalue weighted by atomic mass is 35.5. The number of nitrogens with one attached hydrogen (secondary N) is 1. The van der Waals surface area contributed by atoms with Crippen molar-refractivity contribution in [2.24, 2.45) is 0 Å². The SMILES string of the molecule is N#C/C(=C\c1cc(Cl)c2c(c1)OCCCO2)C(=O)c1c[nH]c2ccccc12. The molecule has 5 nitrogen and oxygen atoms in total. The summed E-state index contributed by atoms with van der Waals surface area (Å²) in [6.45, 7) is 1.06. The van der Waals surface area contributed by atoms with E-state index in [1.165, 1.54) is 6.08 Å². The number of fused-ring (bicyclic) bond motifs is 2. The first-order valence-corrected chi connectivity index (χ1v) is 8.87. The van der Waals surface area contributed by atoms with Gasteiger partial charge >= 0.3 is 0 Å². The van der Waals surface area contributed by atoms with Crippen LogP contribution < -0.4 is 9.47 Å². The molecule has 2 heterocycles. The number of carbonyl (C=O) groups is 1. The molecule has 3 aromatic rings. The maximum Gasteiger partial charge on any atom is 0.205 e. The number of benzene rings is 2. The summed E-state index contributed by atoms with van der Waals surface area (Å²) < 4.78 is 11.3. The molecule has 0 spiro atoms. The fourth-order valence-corrected chi connectivity index (χ4v) is 3.33. The molecule has 0 aliphatic carbocycles. The molecule has 4 rings (SSSR count). The lowest BCUT2D eigenvalue weighted by atomic mass is 10.0. The third kappa shape index (κ3) is 3.27. The fourth-order valence-electron chi connectivity index (χ4n) is 3.05. The predicted octanol–water partition coefficient (Wildman–Crippen LogP) is 4.77. The van der Waals surface area contributed by atoms with E-state index in [0.717, 1.165) is 17.3 Å². The molecule has 0 saturated heterocycles. The van der Waals surface area contributed by atoms with Crippen LogP contribution in [0.5, 0.6) is 11.5 Å². The van der Waals surface area contributed by atoms with Crippen LogP contribution >= 0.6 is 11.6 Å². The van der Waals surface area contributed by atoms with Gasteiger partial charge in [0.1, 0.15) is 11.6 Å². The van der Waals surface area contributed by atoms with Crippen molar-refractivity contribution in [2.75, 3.05) is 13.2 Å². The monoisotopic (exact) mass is 378 g/mol. The first-order valence-electron chi connectivity index (χ1n) is 8.49. The van der Waals surface area contributed by atoms with Gasteiger partial charge in [-0.15, -0.1) is 0 Å². The van der Waals surface area contributed by atoms with Crippen molar-refractivity contribution in [2.45, 2.75) is 6.42 Å². The zero-order valence-corrected chi connectivity index (χ0v) is 15.0. The number of H-pyrrole nitrogens is 1. The quantitative estimate of drug-likeness (QED) is 0.404. The molecule has 2 aromatic carbocycles. The Balaban J connectivity index is 1.73. The van der Waals surface area contributed by atoms with Crippen molar-refractivity contribution in [1.29, 1.82) is 5.26 Å². The molecule has 0 unspecified atom stereocenters. The van der Waals surface area contributed by atoms with Crippen molar-refractivity contribution in [3.05, 3.63) is 64.3 Å². The van der Waals surface area contributed by atoms with Gasteiger partial charge < -0.3 is 14.5 Å². The van der Waals surface area contributed by atoms with Gasteiger partial charge in [0.25, 0.3) is 0 Å². The largest absolute Gasteiger partial charge is 0.489 e. The molecular weight excluding hydrogens is 364 g/mol. The molecule has 1 aromatic heterocycles. The standard InChI is InChI=1S/C21H15ClN2O3/c22-17-9-13(10-19-21(17)27-7-3-6-26-19)8-14(11-23)20(25)16-12-24-18-5-2-1-4-15(16)18/h1-2,4-5,8-10,12,24H,3,6-7H2/b14-8+. The minimum absolute atomic E-state index is 0.0188. The summed E-state index contributed by atoms with van der Waals surface area (Å²) in [7, 11) is 0. The third-order valence-corrected chi connectivity index (χ3v) is 4.62. The Hall–Kier alpha value is -3.23. The van der Waals surface area contributed by atoms with Crippen LogP contribution in [-0.4, -0.2) is 24.0 Å². The summed E-state index contributed by atoms with van der Waals surface area (Å²) in [6, 6.07) is 12.9. The summed E-state index contributed by atoms with van der Waals surface area (Å²) in [4.78, 5) is 15.9. The molecule has 1 aliphatic heterocycles. The first kappa shape index (κ1) is 17.2. The van der Waals surface area contributed by atoms with Gasteiger partial charge in [-0.25, -0.2) is 0 Å². The molecule has 27 heavy (non-hydrogen) atoms. The Morgan fingerprint density at radius 3 is 2.89 bits per heavy atom. The number of allylic oxidation sites excluding steroid dienone is 1. The van der Waals surface area contributed by atoms with Gasteiger partial charge in [-0.1, -0.05) is 29.8 Å². The number of ketones is 1. The second kappa shape index (κ2) is 7.18. The van der Waals surface area contributed by atoms with Crippen LogP contribution in [-0.2, 0) is 0 Å². The van der Waals surface area contributed by atoms with Gasteiger partial charge in [-0.05, 0) is 29.8 Å². The van der Waals surface area contributed by atoms with E-state index in [1.807, 2.05) is 30.3 Å². The molecule has 0 atom stereocenters. The molecule has 134 valence electrons. The third-order valence-electron chi connectivity index (χ3n) is 4.33. The topological polar surface area (TPSA) is 75.1 Å². The lowest BCUT2D eigenvalue weighted by molar-refractivity contribution is 0.104. The molecule has 0 bridgehead atoms. The zero-order valence-electron chi connectivity index (χ0n) is 14.3. The minimum atomic E-state index is -0.349. The highest BCUT2D eigenvalue weighted by Gasteiger charge is 2.19. The van der Waals surface area contributed by atoms with E-state index in [4.69, 9.17) is 21.1 Å². The number of hydrogen-bond donors (Lipinski definition) is 1. The Labute approximate surface area is 160 Å². The number of nitrogens with zero attached hydrogens (tertiary/aromatic N) is 1. The zero-order chi connectivity index (χ0) is 18.8. The number of ether oxygens (including phenoxy) is 2. The molecule has 0 radical (unpaired) electrons. The van der Waals surface area contributed by atoms with E-state index >= 15 is 0 Å². The number of Topliss-reactive ketones (excluding diaryl/α,β-unsaturated/α-hetero) is 1. The van der Waals surface area contributed by atoms with Crippen molar-refractivity contribution >= 4 is 34.4 Å². The Kier molecular flexibility index (Phi) is 4.57. The van der Waals surface area contributed by atoms with E-state index in [2.05, 4.69) is 4.98 Å². The number of halogens is 1. The summed E-state index contributed by atoms with van der Waals surface area (Å²) >= 11 is 6.30. The number of nitriles is 1. The van der Waals surface area contributed by atoms with Gasteiger partial charge in [0.2, 0.25) is 5.78 Å². The Morgan fingerprint density at radius 2 is 2.04 bits per heavy atom. The second-order valence-electron chi connectivity index (χ2n) is 6.13. The van der Waals surface area contributed by atoms with Crippen LogP contribution in [0, 0.1) is 11.3 Å². The maximum atomic E-state index is 12.9. The maximum absolute atomic E-state index is 12.9. The number of hydrogen-bond acceptors (Lipinski definition) is 4. The van der Waals surface area contributed by atoms with Crippen molar-refractivity contribution in [3.8, 4) is 17.6 Å². The van der Waals surface area contributed by atoms with Crippen molar-refractivity contribution < 1.29 is 14.3 Å². The summed E-state index contributed by atoms with van der Waals surface area (Å²) in [6.07, 6.45) is 3.91. The van der Waals surface area contributed by atoms with E-state index in [9.17, 15) is 10.1 Å². The molecule has 6 heteroatoms. The Bertz CT molecular complexity index is 1110. The number of carbonyl (C=O) groups excluding carboxylic acids is 1. The summed E-state index contributed by atoms with van der Waals surface area (Å²) in [5.41, 5.74) is 1.93. The van der Waals surface area contributed by atoms with Gasteiger partial charge in [0, 0.05) is 29.1 Å². The van der Waals surface area contributed by atoms with E-state index in [1.54, 1.807) is 18.3 Å². The first-order chi connectivity index (χ1) is 13.2. The van der Waals surface area contributed by atoms with Gasteiger partial charge in [0.05, 0.1) is 18.2 Å². The molecule has 1 aliphatic rings. The molecule has 1 N–H and O–H groups in total. The predicted molar refractivity (Wildman–Crippen MR) is 103 cm³/mol. The van der Waals surface area contributed by atoms with Crippen LogP contribution in [0.4, 0.5) is 0 Å². The lowest BCUT2D eigenvalue weighted by Crippen LogP contribution is -2.01. The number of para-hydroxylation sites is 1. The molecule has 0 fully saturated rings. The smallest absolute Gasteiger partial charge is 0.205 e. The average molecular weight is 379 g/mol. The number of rotatable bonds is 3. The van der Waals surface area contributed by atoms with E-state index in [0.29, 0.717) is 40.9 Å².